The van der Waals surface area contributed by atoms with Crippen LogP contribution >= 0.6 is 11.6 Å². The van der Waals surface area contributed by atoms with E-state index in [1.54, 1.807) is 6.07 Å². The summed E-state index contributed by atoms with van der Waals surface area (Å²) in [7, 11) is 4.26. The van der Waals surface area contributed by atoms with Gasteiger partial charge in [-0.15, -0.1) is 0 Å². The monoisotopic (exact) mass is 324 g/mol. The van der Waals surface area contributed by atoms with Gasteiger partial charge in [-0.05, 0) is 58.5 Å². The van der Waals surface area contributed by atoms with Gasteiger partial charge in [0.1, 0.15) is 10.9 Å². The van der Waals surface area contributed by atoms with Crippen molar-refractivity contribution in [1.29, 1.82) is 0 Å². The molecule has 0 N–H and O–H groups in total. The molecule has 1 aliphatic carbocycles. The van der Waals surface area contributed by atoms with E-state index in [0.717, 1.165) is 5.92 Å². The van der Waals surface area contributed by atoms with Gasteiger partial charge in [0.2, 0.25) is 0 Å². The van der Waals surface area contributed by atoms with Gasteiger partial charge in [-0.1, -0.05) is 11.6 Å². The molecule has 1 fully saturated rings. The van der Waals surface area contributed by atoms with E-state index in [4.69, 9.17) is 16.3 Å². The summed E-state index contributed by atoms with van der Waals surface area (Å²) in [5, 5.41) is 0.356. The number of rotatable bonds is 6. The second-order valence-electron chi connectivity index (χ2n) is 6.52. The van der Waals surface area contributed by atoms with Crippen LogP contribution in [0.5, 0.6) is 5.75 Å². The Morgan fingerprint density at radius 1 is 1.32 bits per heavy atom. The number of hydrogen-bond acceptors (Lipinski definition) is 4. The number of hydrogen-bond donors (Lipinski definition) is 0. The van der Waals surface area contributed by atoms with Crippen LogP contribution in [-0.4, -0.2) is 42.9 Å². The molecule has 0 aromatic carbocycles. The topological polar surface area (TPSA) is 42.4 Å². The fourth-order valence-electron chi connectivity index (χ4n) is 3.10. The van der Waals surface area contributed by atoms with Crippen molar-refractivity contribution in [2.75, 3.05) is 27.2 Å². The van der Waals surface area contributed by atoms with Crippen LogP contribution < -0.4 is 4.74 Å². The molecular formula is C17H25ClN2O2. The van der Waals surface area contributed by atoms with Gasteiger partial charge < -0.3 is 9.64 Å². The SMILES string of the molecule is CC(=O)c1cnc(Cl)cc1OCC1CCC(CN(C)C)CC1. The van der Waals surface area contributed by atoms with E-state index in [9.17, 15) is 4.79 Å². The highest BCUT2D eigenvalue weighted by Crippen LogP contribution is 2.30. The molecule has 1 saturated carbocycles. The maximum absolute atomic E-state index is 11.6. The molecule has 2 rings (SSSR count). The quantitative estimate of drug-likeness (QED) is 0.591. The summed E-state index contributed by atoms with van der Waals surface area (Å²) in [5.41, 5.74) is 0.505. The maximum Gasteiger partial charge on any atom is 0.165 e. The first-order valence-electron chi connectivity index (χ1n) is 7.89. The van der Waals surface area contributed by atoms with Gasteiger partial charge in [0.05, 0.1) is 12.2 Å². The van der Waals surface area contributed by atoms with Crippen LogP contribution in [0.2, 0.25) is 5.15 Å². The van der Waals surface area contributed by atoms with Crippen molar-refractivity contribution >= 4 is 17.4 Å². The van der Waals surface area contributed by atoms with E-state index in [2.05, 4.69) is 24.0 Å². The summed E-state index contributed by atoms with van der Waals surface area (Å²) in [4.78, 5) is 17.8. The van der Waals surface area contributed by atoms with E-state index < -0.39 is 0 Å². The Labute approximate surface area is 137 Å². The summed E-state index contributed by atoms with van der Waals surface area (Å²) in [6, 6.07) is 1.63. The number of aromatic nitrogens is 1. The van der Waals surface area contributed by atoms with Crippen molar-refractivity contribution in [1.82, 2.24) is 9.88 Å². The highest BCUT2D eigenvalue weighted by molar-refractivity contribution is 6.29. The second kappa shape index (κ2) is 7.93. The highest BCUT2D eigenvalue weighted by atomic mass is 35.5. The third-order valence-electron chi connectivity index (χ3n) is 4.28. The molecule has 1 heterocycles. The van der Waals surface area contributed by atoms with Crippen molar-refractivity contribution in [3.05, 3.63) is 23.0 Å². The lowest BCUT2D eigenvalue weighted by molar-refractivity contribution is 0.101. The van der Waals surface area contributed by atoms with E-state index in [0.29, 0.717) is 29.0 Å². The first kappa shape index (κ1) is 17.2. The molecule has 122 valence electrons. The Morgan fingerprint density at radius 3 is 2.55 bits per heavy atom. The fourth-order valence-corrected chi connectivity index (χ4v) is 3.25. The van der Waals surface area contributed by atoms with Crippen LogP contribution in [-0.2, 0) is 0 Å². The van der Waals surface area contributed by atoms with Crippen LogP contribution in [0.3, 0.4) is 0 Å². The van der Waals surface area contributed by atoms with Crippen LogP contribution in [0.25, 0.3) is 0 Å². The number of ketones is 1. The molecule has 4 nitrogen and oxygen atoms in total. The summed E-state index contributed by atoms with van der Waals surface area (Å²) in [5.74, 6) is 1.87. The zero-order valence-electron chi connectivity index (χ0n) is 13.6. The smallest absolute Gasteiger partial charge is 0.165 e. The minimum absolute atomic E-state index is 0.0474. The molecule has 0 spiro atoms. The van der Waals surface area contributed by atoms with Gasteiger partial charge in [-0.2, -0.15) is 0 Å². The van der Waals surface area contributed by atoms with Crippen LogP contribution in [0, 0.1) is 11.8 Å². The largest absolute Gasteiger partial charge is 0.492 e. The van der Waals surface area contributed by atoms with Crippen molar-refractivity contribution < 1.29 is 9.53 Å². The lowest BCUT2D eigenvalue weighted by atomic mass is 9.82. The molecule has 0 bridgehead atoms. The zero-order chi connectivity index (χ0) is 16.1. The van der Waals surface area contributed by atoms with Crippen LogP contribution in [0.15, 0.2) is 12.3 Å². The minimum atomic E-state index is -0.0474. The van der Waals surface area contributed by atoms with Gasteiger partial charge >= 0.3 is 0 Å². The first-order chi connectivity index (χ1) is 10.5. The third kappa shape index (κ3) is 4.96. The first-order valence-corrected chi connectivity index (χ1v) is 8.27. The molecule has 5 heteroatoms. The fraction of sp³-hybridized carbons (Fsp3) is 0.647. The highest BCUT2D eigenvalue weighted by Gasteiger charge is 2.22. The average Bonchev–Trinajstić information content (AvgIpc) is 2.45. The number of carbonyl (C=O) groups excluding carboxylic acids is 1. The summed E-state index contributed by atoms with van der Waals surface area (Å²) >= 11 is 5.90. The lowest BCUT2D eigenvalue weighted by Crippen LogP contribution is -2.27. The lowest BCUT2D eigenvalue weighted by Gasteiger charge is -2.30. The van der Waals surface area contributed by atoms with Crippen molar-refractivity contribution in [3.8, 4) is 5.75 Å². The van der Waals surface area contributed by atoms with Gasteiger partial charge in [-0.25, -0.2) is 4.98 Å². The molecule has 0 unspecified atom stereocenters. The Balaban J connectivity index is 1.87. The molecule has 0 atom stereocenters. The van der Waals surface area contributed by atoms with E-state index in [1.807, 2.05) is 0 Å². The van der Waals surface area contributed by atoms with Gasteiger partial charge in [-0.3, -0.25) is 4.79 Å². The summed E-state index contributed by atoms with van der Waals surface area (Å²) < 4.78 is 5.88. The van der Waals surface area contributed by atoms with Crippen LogP contribution in [0.1, 0.15) is 43.0 Å². The van der Waals surface area contributed by atoms with Gasteiger partial charge in [0, 0.05) is 18.8 Å². The molecule has 0 aliphatic heterocycles. The number of ether oxygens (including phenoxy) is 1. The van der Waals surface area contributed by atoms with Gasteiger partial charge in [0.25, 0.3) is 0 Å². The van der Waals surface area contributed by atoms with Gasteiger partial charge in [0.15, 0.2) is 5.78 Å². The second-order valence-corrected chi connectivity index (χ2v) is 6.91. The molecule has 1 aromatic rings. The summed E-state index contributed by atoms with van der Waals surface area (Å²) in [6.07, 6.45) is 6.37. The summed E-state index contributed by atoms with van der Waals surface area (Å²) in [6.45, 7) is 3.33. The number of pyridine rings is 1. The van der Waals surface area contributed by atoms with Crippen molar-refractivity contribution in [3.63, 3.8) is 0 Å². The number of Topliss-reactive ketones (excluding diaryl/α,β-unsaturated/α-hetero) is 1. The number of nitrogens with zero attached hydrogens (tertiary/aromatic N) is 2. The Hall–Kier alpha value is -1.13. The predicted octanol–water partition coefficient (Wildman–Crippen LogP) is 3.68. The normalized spacial score (nSPS) is 21.9. The van der Waals surface area contributed by atoms with E-state index in [1.165, 1.54) is 45.3 Å². The Bertz CT molecular complexity index is 511. The standard InChI is InChI=1S/C17H25ClN2O2/c1-12(21)15-9-19-17(18)8-16(15)22-11-14-6-4-13(5-7-14)10-20(2)3/h8-9,13-14H,4-7,10-11H2,1-3H3. The molecular weight excluding hydrogens is 300 g/mol. The molecule has 0 radical (unpaired) electrons. The number of halogens is 1. The molecule has 0 saturated heterocycles. The molecule has 0 amide bonds. The van der Waals surface area contributed by atoms with Crippen molar-refractivity contribution in [2.45, 2.75) is 32.6 Å². The molecule has 1 aliphatic rings. The minimum Gasteiger partial charge on any atom is -0.492 e. The zero-order valence-corrected chi connectivity index (χ0v) is 14.4. The van der Waals surface area contributed by atoms with E-state index >= 15 is 0 Å². The third-order valence-corrected chi connectivity index (χ3v) is 4.48. The molecule has 1 aromatic heterocycles. The van der Waals surface area contributed by atoms with E-state index in [-0.39, 0.29) is 5.78 Å². The Kier molecular flexibility index (Phi) is 6.21. The van der Waals surface area contributed by atoms with Crippen LogP contribution in [0.4, 0.5) is 0 Å². The predicted molar refractivity (Wildman–Crippen MR) is 88.7 cm³/mol. The molecule has 22 heavy (non-hydrogen) atoms. The number of carbonyl (C=O) groups is 1. The maximum atomic E-state index is 11.6. The average molecular weight is 325 g/mol. The Morgan fingerprint density at radius 2 is 1.95 bits per heavy atom. The van der Waals surface area contributed by atoms with Crippen molar-refractivity contribution in [2.24, 2.45) is 11.8 Å².